The molecule has 4 aromatic rings. The lowest BCUT2D eigenvalue weighted by molar-refractivity contribution is 0.0761. The Bertz CT molecular complexity index is 1350. The molecule has 2 aromatic heterocycles. The highest BCUT2D eigenvalue weighted by Crippen LogP contribution is 2.35. The van der Waals surface area contributed by atoms with Gasteiger partial charge in [0.05, 0.1) is 5.69 Å². The van der Waals surface area contributed by atoms with Crippen molar-refractivity contribution in [2.45, 2.75) is 19.3 Å². The van der Waals surface area contributed by atoms with Gasteiger partial charge in [-0.15, -0.1) is 0 Å². The number of anilines is 1. The molecule has 3 heterocycles. The summed E-state index contributed by atoms with van der Waals surface area (Å²) in [5, 5.41) is 0.925. The van der Waals surface area contributed by atoms with E-state index in [1.54, 1.807) is 12.3 Å². The number of benzene rings is 2. The first-order valence-corrected chi connectivity index (χ1v) is 11.0. The van der Waals surface area contributed by atoms with Gasteiger partial charge in [-0.2, -0.15) is 0 Å². The Morgan fingerprint density at radius 3 is 2.82 bits per heavy atom. The van der Waals surface area contributed by atoms with Crippen molar-refractivity contribution in [3.8, 4) is 11.1 Å². The third-order valence-electron chi connectivity index (χ3n) is 6.09. The van der Waals surface area contributed by atoms with Gasteiger partial charge in [0, 0.05) is 50.2 Å². The number of likely N-dealkylation sites (tertiary alicyclic amines) is 1. The van der Waals surface area contributed by atoms with Crippen molar-refractivity contribution in [2.75, 3.05) is 32.1 Å². The van der Waals surface area contributed by atoms with Crippen LogP contribution in [0.3, 0.4) is 0 Å². The van der Waals surface area contributed by atoms with Gasteiger partial charge in [-0.3, -0.25) is 4.79 Å². The van der Waals surface area contributed by atoms with Gasteiger partial charge in [-0.1, -0.05) is 23.8 Å². The number of amides is 1. The third-order valence-corrected chi connectivity index (χ3v) is 6.09. The van der Waals surface area contributed by atoms with Gasteiger partial charge in [0.2, 0.25) is 5.95 Å². The molecule has 1 atom stereocenters. The van der Waals surface area contributed by atoms with Crippen molar-refractivity contribution in [1.29, 1.82) is 0 Å². The molecule has 0 N–H and O–H groups in total. The Hall–Kier alpha value is -3.74. The van der Waals surface area contributed by atoms with Crippen molar-refractivity contribution < 1.29 is 13.6 Å². The summed E-state index contributed by atoms with van der Waals surface area (Å²) in [7, 11) is 3.77. The Labute approximate surface area is 191 Å². The number of rotatable bonds is 4. The van der Waals surface area contributed by atoms with Gasteiger partial charge in [0.25, 0.3) is 5.91 Å². The fourth-order valence-electron chi connectivity index (χ4n) is 4.38. The average Bonchev–Trinajstić information content (AvgIpc) is 3.45. The number of carbonyl (C=O) groups is 1. The van der Waals surface area contributed by atoms with Crippen LogP contribution >= 0.6 is 0 Å². The van der Waals surface area contributed by atoms with Crippen LogP contribution in [0.2, 0.25) is 0 Å². The Kier molecular flexibility index (Phi) is 5.32. The van der Waals surface area contributed by atoms with Crippen LogP contribution in [-0.2, 0) is 0 Å². The summed E-state index contributed by atoms with van der Waals surface area (Å²) in [5.41, 5.74) is 4.18. The lowest BCUT2D eigenvalue weighted by atomic mass is 9.96. The molecule has 0 bridgehead atoms. The molecule has 0 spiro atoms. The maximum Gasteiger partial charge on any atom is 0.289 e. The van der Waals surface area contributed by atoms with Gasteiger partial charge < -0.3 is 14.2 Å². The lowest BCUT2D eigenvalue weighted by Gasteiger charge is -2.19. The molecule has 1 saturated heterocycles. The summed E-state index contributed by atoms with van der Waals surface area (Å²) in [6, 6.07) is 14.1. The lowest BCUT2D eigenvalue weighted by Crippen LogP contribution is -2.28. The van der Waals surface area contributed by atoms with E-state index in [-0.39, 0.29) is 17.6 Å². The summed E-state index contributed by atoms with van der Waals surface area (Å²) in [6.45, 7) is 3.13. The number of fused-ring (bicyclic) bond motifs is 1. The van der Waals surface area contributed by atoms with E-state index in [0.717, 1.165) is 34.2 Å². The molecule has 5 rings (SSSR count). The van der Waals surface area contributed by atoms with E-state index in [1.165, 1.54) is 12.1 Å². The van der Waals surface area contributed by atoms with Gasteiger partial charge in [0.1, 0.15) is 11.4 Å². The van der Waals surface area contributed by atoms with E-state index in [2.05, 4.69) is 4.98 Å². The first kappa shape index (κ1) is 21.1. The number of nitrogens with zero attached hydrogens (tertiary/aromatic N) is 4. The minimum absolute atomic E-state index is 0.0144. The molecule has 0 aliphatic carbocycles. The van der Waals surface area contributed by atoms with Crippen molar-refractivity contribution in [3.63, 3.8) is 0 Å². The monoisotopic (exact) mass is 444 g/mol. The summed E-state index contributed by atoms with van der Waals surface area (Å²) >= 11 is 0. The maximum absolute atomic E-state index is 13.9. The predicted molar refractivity (Wildman–Crippen MR) is 126 cm³/mol. The highest BCUT2D eigenvalue weighted by atomic mass is 19.1. The zero-order valence-electron chi connectivity index (χ0n) is 18.9. The molecule has 1 aliphatic heterocycles. The molecular weight excluding hydrogens is 419 g/mol. The van der Waals surface area contributed by atoms with Crippen LogP contribution in [0, 0.1) is 12.7 Å². The minimum Gasteiger partial charge on any atom is -0.451 e. The number of hydrogen-bond acceptors (Lipinski definition) is 5. The average molecular weight is 445 g/mol. The van der Waals surface area contributed by atoms with Crippen LogP contribution in [0.15, 0.2) is 59.1 Å². The molecule has 0 unspecified atom stereocenters. The number of furan rings is 1. The normalized spacial score (nSPS) is 15.9. The smallest absolute Gasteiger partial charge is 0.289 e. The number of aromatic nitrogens is 2. The first-order valence-electron chi connectivity index (χ1n) is 11.0. The number of halogens is 1. The summed E-state index contributed by atoms with van der Waals surface area (Å²) < 4.78 is 19.8. The molecule has 2 aromatic carbocycles. The first-order chi connectivity index (χ1) is 15.9. The minimum atomic E-state index is -0.307. The highest BCUT2D eigenvalue weighted by molar-refractivity contribution is 5.96. The van der Waals surface area contributed by atoms with Crippen LogP contribution in [0.1, 0.15) is 34.2 Å². The number of hydrogen-bond donors (Lipinski definition) is 0. The van der Waals surface area contributed by atoms with Crippen LogP contribution in [-0.4, -0.2) is 48.0 Å². The molecule has 33 heavy (non-hydrogen) atoms. The van der Waals surface area contributed by atoms with Crippen molar-refractivity contribution in [3.05, 3.63) is 77.6 Å². The van der Waals surface area contributed by atoms with E-state index in [1.807, 2.05) is 61.2 Å². The van der Waals surface area contributed by atoms with E-state index < -0.39 is 0 Å². The van der Waals surface area contributed by atoms with E-state index in [9.17, 15) is 9.18 Å². The SMILES string of the molecule is Cc1ccc2oc(C(=O)N3CC[C@@H](c4nc(N(C)C)ncc4-c4cccc(F)c4)C3)cc2c1. The fraction of sp³-hybridized carbons (Fsp3) is 0.269. The van der Waals surface area contributed by atoms with Crippen LogP contribution in [0.5, 0.6) is 0 Å². The molecule has 168 valence electrons. The topological polar surface area (TPSA) is 62.5 Å². The zero-order valence-corrected chi connectivity index (χ0v) is 18.9. The Morgan fingerprint density at radius 1 is 1.18 bits per heavy atom. The summed E-state index contributed by atoms with van der Waals surface area (Å²) in [6.07, 6.45) is 2.51. The molecule has 6 nitrogen and oxygen atoms in total. The van der Waals surface area contributed by atoms with Gasteiger partial charge in [-0.25, -0.2) is 14.4 Å². The zero-order chi connectivity index (χ0) is 23.1. The quantitative estimate of drug-likeness (QED) is 0.442. The van der Waals surface area contributed by atoms with Gasteiger partial charge >= 0.3 is 0 Å². The van der Waals surface area contributed by atoms with Crippen molar-refractivity contribution in [2.24, 2.45) is 0 Å². The standard InChI is InChI=1S/C26H25FN4O2/c1-16-7-8-22-19(11-16)13-23(33-22)25(32)31-10-9-18(15-31)24-21(14-28-26(29-24)30(2)3)17-5-4-6-20(27)12-17/h4-8,11-14,18H,9-10,15H2,1-3H3/t18-/m1/s1. The maximum atomic E-state index is 13.9. The molecule has 1 fully saturated rings. The number of aryl methyl sites for hydroxylation is 1. The van der Waals surface area contributed by atoms with Gasteiger partial charge in [0.15, 0.2) is 5.76 Å². The van der Waals surface area contributed by atoms with E-state index >= 15 is 0 Å². The second kappa shape index (κ2) is 8.31. The molecule has 1 aliphatic rings. The number of carbonyl (C=O) groups excluding carboxylic acids is 1. The second-order valence-electron chi connectivity index (χ2n) is 8.76. The van der Waals surface area contributed by atoms with E-state index in [0.29, 0.717) is 30.4 Å². The molecule has 1 amide bonds. The predicted octanol–water partition coefficient (Wildman–Crippen LogP) is 5.03. The Morgan fingerprint density at radius 2 is 2.03 bits per heavy atom. The molecule has 0 radical (unpaired) electrons. The second-order valence-corrected chi connectivity index (χ2v) is 8.76. The van der Waals surface area contributed by atoms with Crippen LogP contribution in [0.25, 0.3) is 22.1 Å². The Balaban J connectivity index is 1.45. The van der Waals surface area contributed by atoms with Crippen LogP contribution < -0.4 is 4.90 Å². The van der Waals surface area contributed by atoms with E-state index in [4.69, 9.17) is 9.40 Å². The fourth-order valence-corrected chi connectivity index (χ4v) is 4.38. The summed E-state index contributed by atoms with van der Waals surface area (Å²) in [4.78, 5) is 26.1. The highest BCUT2D eigenvalue weighted by Gasteiger charge is 2.32. The van der Waals surface area contributed by atoms with Crippen molar-refractivity contribution in [1.82, 2.24) is 14.9 Å². The molecule has 0 saturated carbocycles. The largest absolute Gasteiger partial charge is 0.451 e. The summed E-state index contributed by atoms with van der Waals surface area (Å²) in [5.74, 6) is 0.514. The van der Waals surface area contributed by atoms with Gasteiger partial charge in [-0.05, 0) is 49.2 Å². The third kappa shape index (κ3) is 4.06. The van der Waals surface area contributed by atoms with Crippen LogP contribution in [0.4, 0.5) is 10.3 Å². The van der Waals surface area contributed by atoms with Crippen molar-refractivity contribution >= 4 is 22.8 Å². The molecule has 7 heteroatoms. The molecular formula is C26H25FN4O2.